The summed E-state index contributed by atoms with van der Waals surface area (Å²) in [5, 5.41) is 21.2. The summed E-state index contributed by atoms with van der Waals surface area (Å²) >= 11 is 5.87. The number of aromatic nitrogens is 4. The molecule has 0 saturated carbocycles. The van der Waals surface area contributed by atoms with E-state index in [0.717, 1.165) is 5.56 Å². The lowest BCUT2D eigenvalue weighted by molar-refractivity contribution is 0.214. The molecule has 0 saturated heterocycles. The Hall–Kier alpha value is -2.96. The first-order chi connectivity index (χ1) is 15.9. The SMILES string of the molecule is CCOP(=O)(OCC)C(Nc1c(C#N)nnn1Cc1ccc(Cl)nc1)c1ccc(OC)cc1. The Kier molecular flexibility index (Phi) is 8.42. The van der Waals surface area contributed by atoms with Crippen molar-refractivity contribution < 1.29 is 18.3 Å². The number of hydrogen-bond acceptors (Lipinski definition) is 9. The van der Waals surface area contributed by atoms with Gasteiger partial charge < -0.3 is 19.1 Å². The van der Waals surface area contributed by atoms with Gasteiger partial charge in [-0.15, -0.1) is 5.10 Å². The van der Waals surface area contributed by atoms with Gasteiger partial charge >= 0.3 is 7.60 Å². The van der Waals surface area contributed by atoms with E-state index in [0.29, 0.717) is 16.5 Å². The number of methoxy groups -OCH3 is 1. The molecule has 2 heterocycles. The van der Waals surface area contributed by atoms with Gasteiger partial charge in [-0.1, -0.05) is 35.0 Å². The van der Waals surface area contributed by atoms with Crippen molar-refractivity contribution in [3.63, 3.8) is 0 Å². The van der Waals surface area contributed by atoms with Crippen molar-refractivity contribution in [2.75, 3.05) is 25.6 Å². The topological polar surface area (TPSA) is 124 Å². The summed E-state index contributed by atoms with van der Waals surface area (Å²) in [4.78, 5) is 4.07. The lowest BCUT2D eigenvalue weighted by Crippen LogP contribution is -2.18. The number of nitrogens with one attached hydrogen (secondary N) is 1. The standard InChI is InChI=1S/C21H24ClN6O4P/c1-4-31-33(29,32-5-2)21(16-7-9-17(30-3)10-8-16)25-20-18(12-23)26-27-28(20)14-15-6-11-19(22)24-13-15/h6-11,13,21,25H,4-5,14H2,1-3H3. The van der Waals surface area contributed by atoms with Crippen LogP contribution in [-0.4, -0.2) is 40.3 Å². The van der Waals surface area contributed by atoms with Crippen molar-refractivity contribution in [3.8, 4) is 11.8 Å². The fourth-order valence-corrected chi connectivity index (χ4v) is 5.14. The van der Waals surface area contributed by atoms with Crippen molar-refractivity contribution in [1.29, 1.82) is 5.26 Å². The van der Waals surface area contributed by atoms with Gasteiger partial charge in [0.1, 0.15) is 17.0 Å². The van der Waals surface area contributed by atoms with Gasteiger partial charge in [-0.3, -0.25) is 4.57 Å². The maximum absolute atomic E-state index is 13.8. The molecule has 1 unspecified atom stereocenters. The Morgan fingerprint density at radius 1 is 1.18 bits per heavy atom. The molecule has 0 bridgehead atoms. The molecular weight excluding hydrogens is 467 g/mol. The van der Waals surface area contributed by atoms with Crippen LogP contribution in [0.2, 0.25) is 5.15 Å². The Morgan fingerprint density at radius 2 is 1.88 bits per heavy atom. The first-order valence-electron chi connectivity index (χ1n) is 10.2. The van der Waals surface area contributed by atoms with E-state index in [9.17, 15) is 9.83 Å². The Balaban J connectivity index is 2.04. The smallest absolute Gasteiger partial charge is 0.357 e. The average Bonchev–Trinajstić information content (AvgIpc) is 3.20. The molecule has 0 spiro atoms. The van der Waals surface area contributed by atoms with Gasteiger partial charge in [0.25, 0.3) is 0 Å². The summed E-state index contributed by atoms with van der Waals surface area (Å²) < 4.78 is 31.8. The lowest BCUT2D eigenvalue weighted by atomic mass is 10.2. The largest absolute Gasteiger partial charge is 0.497 e. The van der Waals surface area contributed by atoms with Gasteiger partial charge in [-0.05, 0) is 43.2 Å². The first-order valence-corrected chi connectivity index (χ1v) is 12.2. The van der Waals surface area contributed by atoms with E-state index in [1.807, 2.05) is 6.07 Å². The van der Waals surface area contributed by atoms with Crippen molar-refractivity contribution in [1.82, 2.24) is 20.0 Å². The molecule has 174 valence electrons. The Bertz CT molecular complexity index is 1140. The maximum atomic E-state index is 13.8. The van der Waals surface area contributed by atoms with Crippen molar-refractivity contribution in [3.05, 3.63) is 64.6 Å². The summed E-state index contributed by atoms with van der Waals surface area (Å²) in [5.74, 6) is -0.0243. The monoisotopic (exact) mass is 490 g/mol. The molecule has 0 amide bonds. The molecule has 0 aliphatic rings. The van der Waals surface area contributed by atoms with Gasteiger partial charge in [0.2, 0.25) is 5.69 Å². The highest BCUT2D eigenvalue weighted by molar-refractivity contribution is 7.54. The van der Waals surface area contributed by atoms with Crippen LogP contribution in [0.1, 0.15) is 36.5 Å². The van der Waals surface area contributed by atoms with Gasteiger partial charge in [-0.2, -0.15) is 5.26 Å². The minimum atomic E-state index is -3.72. The summed E-state index contributed by atoms with van der Waals surface area (Å²) in [6.45, 7) is 4.06. The molecule has 0 fully saturated rings. The van der Waals surface area contributed by atoms with E-state index in [2.05, 4.69) is 20.6 Å². The third kappa shape index (κ3) is 5.89. The lowest BCUT2D eigenvalue weighted by Gasteiger charge is -2.28. The van der Waals surface area contributed by atoms with E-state index in [-0.39, 0.29) is 31.3 Å². The zero-order valence-corrected chi connectivity index (χ0v) is 20.1. The second-order valence-corrected chi connectivity index (χ2v) is 9.24. The minimum Gasteiger partial charge on any atom is -0.497 e. The van der Waals surface area contributed by atoms with E-state index in [1.165, 1.54) is 4.68 Å². The van der Waals surface area contributed by atoms with Crippen LogP contribution in [0.15, 0.2) is 42.6 Å². The van der Waals surface area contributed by atoms with E-state index in [1.54, 1.807) is 63.6 Å². The van der Waals surface area contributed by atoms with Crippen LogP contribution in [0, 0.1) is 11.3 Å². The second kappa shape index (κ2) is 11.3. The third-order valence-electron chi connectivity index (χ3n) is 4.60. The van der Waals surface area contributed by atoms with Crippen LogP contribution in [0.25, 0.3) is 0 Å². The molecule has 1 N–H and O–H groups in total. The Morgan fingerprint density at radius 3 is 2.42 bits per heavy atom. The van der Waals surface area contributed by atoms with Crippen molar-refractivity contribution >= 4 is 25.0 Å². The second-order valence-electron chi connectivity index (χ2n) is 6.74. The summed E-state index contributed by atoms with van der Waals surface area (Å²) in [7, 11) is -2.15. The van der Waals surface area contributed by atoms with Crippen LogP contribution >= 0.6 is 19.2 Å². The van der Waals surface area contributed by atoms with Crippen molar-refractivity contribution in [2.45, 2.75) is 26.2 Å². The van der Waals surface area contributed by atoms with Crippen LogP contribution in [0.4, 0.5) is 5.82 Å². The quantitative estimate of drug-likeness (QED) is 0.302. The number of nitrogens with zero attached hydrogens (tertiary/aromatic N) is 5. The maximum Gasteiger partial charge on any atom is 0.357 e. The number of nitriles is 1. The van der Waals surface area contributed by atoms with E-state index >= 15 is 0 Å². The molecule has 3 rings (SSSR count). The predicted molar refractivity (Wildman–Crippen MR) is 123 cm³/mol. The Labute approximate surface area is 197 Å². The minimum absolute atomic E-state index is 0.0370. The van der Waals surface area contributed by atoms with Crippen LogP contribution in [0.3, 0.4) is 0 Å². The fourth-order valence-electron chi connectivity index (χ4n) is 3.12. The number of anilines is 1. The highest BCUT2D eigenvalue weighted by Crippen LogP contribution is 2.61. The molecule has 1 atom stereocenters. The number of halogens is 1. The van der Waals surface area contributed by atoms with Gasteiger partial charge in [-0.25, -0.2) is 9.67 Å². The number of hydrogen-bond donors (Lipinski definition) is 1. The summed E-state index contributed by atoms with van der Waals surface area (Å²) in [6.07, 6.45) is 1.60. The molecule has 0 radical (unpaired) electrons. The highest BCUT2D eigenvalue weighted by Gasteiger charge is 2.38. The number of benzene rings is 1. The highest BCUT2D eigenvalue weighted by atomic mass is 35.5. The molecule has 2 aromatic heterocycles. The number of pyridine rings is 1. The summed E-state index contributed by atoms with van der Waals surface area (Å²) in [5.41, 5.74) is 1.44. The van der Waals surface area contributed by atoms with Crippen LogP contribution in [0.5, 0.6) is 5.75 Å². The third-order valence-corrected chi connectivity index (χ3v) is 7.12. The van der Waals surface area contributed by atoms with Crippen LogP contribution in [-0.2, 0) is 20.2 Å². The normalized spacial score (nSPS) is 12.2. The zero-order chi connectivity index (χ0) is 23.8. The fraction of sp³-hybridized carbons (Fsp3) is 0.333. The summed E-state index contributed by atoms with van der Waals surface area (Å²) in [6, 6.07) is 12.5. The average molecular weight is 491 g/mol. The van der Waals surface area contributed by atoms with E-state index in [4.69, 9.17) is 25.4 Å². The number of ether oxygens (including phenoxy) is 1. The predicted octanol–water partition coefficient (Wildman–Crippen LogP) is 4.63. The van der Waals surface area contributed by atoms with Gasteiger partial charge in [0.15, 0.2) is 11.6 Å². The first kappa shape index (κ1) is 24.7. The molecule has 33 heavy (non-hydrogen) atoms. The molecule has 0 aliphatic heterocycles. The van der Waals surface area contributed by atoms with E-state index < -0.39 is 13.4 Å². The van der Waals surface area contributed by atoms with Crippen LogP contribution < -0.4 is 10.1 Å². The molecule has 10 nitrogen and oxygen atoms in total. The molecule has 12 heteroatoms. The van der Waals surface area contributed by atoms with Crippen molar-refractivity contribution in [2.24, 2.45) is 0 Å². The van der Waals surface area contributed by atoms with Gasteiger partial charge in [0, 0.05) is 6.20 Å². The molecule has 3 aromatic rings. The molecule has 1 aromatic carbocycles. The molecular formula is C21H24ClN6O4P. The zero-order valence-electron chi connectivity index (χ0n) is 18.4. The van der Waals surface area contributed by atoms with Gasteiger partial charge in [0.05, 0.1) is 26.9 Å². The number of rotatable bonds is 11. The molecule has 0 aliphatic carbocycles.